The molecular formula is C22H27F2N3O4. The summed E-state index contributed by atoms with van der Waals surface area (Å²) in [6.07, 6.45) is 1.48. The minimum Gasteiger partial charge on any atom is -0.381 e. The first-order valence-corrected chi connectivity index (χ1v) is 10.6. The Balaban J connectivity index is 1.42. The first kappa shape index (κ1) is 21.9. The van der Waals surface area contributed by atoms with Gasteiger partial charge >= 0.3 is 0 Å². The molecule has 1 amide bonds. The number of hydrogen-bond donors (Lipinski definition) is 1. The molecule has 1 aromatic carbocycles. The van der Waals surface area contributed by atoms with Gasteiger partial charge in [-0.15, -0.1) is 0 Å². The summed E-state index contributed by atoms with van der Waals surface area (Å²) in [6.45, 7) is 5.50. The molecule has 7 nitrogen and oxygen atoms in total. The van der Waals surface area contributed by atoms with E-state index in [1.807, 2.05) is 0 Å². The number of aromatic nitrogens is 1. The summed E-state index contributed by atoms with van der Waals surface area (Å²) in [6, 6.07) is 4.93. The number of ether oxygens (including phenoxy) is 2. The molecule has 3 heterocycles. The lowest BCUT2D eigenvalue weighted by atomic mass is 9.75. The smallest absolute Gasteiger partial charge is 0.226 e. The number of nitrogens with zero attached hydrogens (tertiary/aromatic N) is 2. The summed E-state index contributed by atoms with van der Waals surface area (Å²) in [5, 5.41) is 7.01. The van der Waals surface area contributed by atoms with E-state index in [9.17, 15) is 13.6 Å². The van der Waals surface area contributed by atoms with Crippen LogP contribution in [-0.4, -0.2) is 68.6 Å². The van der Waals surface area contributed by atoms with Gasteiger partial charge in [-0.05, 0) is 25.0 Å². The van der Waals surface area contributed by atoms with Gasteiger partial charge in [0.25, 0.3) is 0 Å². The summed E-state index contributed by atoms with van der Waals surface area (Å²) < 4.78 is 43.5. The van der Waals surface area contributed by atoms with Crippen molar-refractivity contribution < 1.29 is 27.6 Å². The number of benzene rings is 1. The molecule has 4 rings (SSSR count). The summed E-state index contributed by atoms with van der Waals surface area (Å²) in [5.74, 6) is -0.903. The molecule has 0 unspecified atom stereocenters. The van der Waals surface area contributed by atoms with E-state index in [1.54, 1.807) is 6.07 Å². The van der Waals surface area contributed by atoms with Crippen LogP contribution in [0.15, 0.2) is 28.8 Å². The van der Waals surface area contributed by atoms with Gasteiger partial charge in [0.2, 0.25) is 5.91 Å². The zero-order valence-corrected chi connectivity index (χ0v) is 17.4. The van der Waals surface area contributed by atoms with Crippen LogP contribution in [-0.2, 0) is 20.7 Å². The van der Waals surface area contributed by atoms with E-state index in [0.717, 1.165) is 38.9 Å². The molecule has 1 N–H and O–H groups in total. The van der Waals surface area contributed by atoms with Crippen LogP contribution in [0.5, 0.6) is 0 Å². The molecule has 168 valence electrons. The molecule has 2 aliphatic heterocycles. The van der Waals surface area contributed by atoms with Gasteiger partial charge in [-0.3, -0.25) is 9.69 Å². The second-order valence-corrected chi connectivity index (χ2v) is 8.08. The second kappa shape index (κ2) is 9.84. The maximum atomic E-state index is 14.1. The largest absolute Gasteiger partial charge is 0.381 e. The fraction of sp³-hybridized carbons (Fsp3) is 0.545. The molecule has 0 saturated carbocycles. The third-order valence-corrected chi connectivity index (χ3v) is 6.03. The van der Waals surface area contributed by atoms with E-state index in [4.69, 9.17) is 14.0 Å². The van der Waals surface area contributed by atoms with Gasteiger partial charge in [-0.1, -0.05) is 5.16 Å². The van der Waals surface area contributed by atoms with Crippen molar-refractivity contribution in [3.8, 4) is 11.3 Å². The van der Waals surface area contributed by atoms with Gasteiger partial charge in [0.15, 0.2) is 0 Å². The van der Waals surface area contributed by atoms with Gasteiger partial charge in [0.05, 0.1) is 18.6 Å². The van der Waals surface area contributed by atoms with Crippen LogP contribution in [0.2, 0.25) is 0 Å². The van der Waals surface area contributed by atoms with E-state index < -0.39 is 17.0 Å². The average molecular weight is 435 g/mol. The van der Waals surface area contributed by atoms with Crippen molar-refractivity contribution in [2.75, 3.05) is 52.6 Å². The normalized spacial score (nSPS) is 19.3. The van der Waals surface area contributed by atoms with Crippen LogP contribution in [0.3, 0.4) is 0 Å². The Morgan fingerprint density at radius 3 is 2.58 bits per heavy atom. The highest BCUT2D eigenvalue weighted by Gasteiger charge is 2.41. The van der Waals surface area contributed by atoms with Gasteiger partial charge in [-0.2, -0.15) is 0 Å². The average Bonchev–Trinajstić information content (AvgIpc) is 3.23. The number of amides is 1. The van der Waals surface area contributed by atoms with Crippen molar-refractivity contribution in [1.82, 2.24) is 15.4 Å². The zero-order valence-electron chi connectivity index (χ0n) is 17.4. The van der Waals surface area contributed by atoms with E-state index >= 15 is 0 Å². The number of nitrogens with one attached hydrogen (secondary N) is 1. The molecule has 0 radical (unpaired) electrons. The topological polar surface area (TPSA) is 76.8 Å². The molecule has 2 fully saturated rings. The fourth-order valence-corrected chi connectivity index (χ4v) is 4.14. The Morgan fingerprint density at radius 2 is 1.84 bits per heavy atom. The highest BCUT2D eigenvalue weighted by molar-refractivity contribution is 5.83. The molecule has 0 bridgehead atoms. The summed E-state index contributed by atoms with van der Waals surface area (Å²) in [5.41, 5.74) is -0.226. The first-order valence-electron chi connectivity index (χ1n) is 10.6. The van der Waals surface area contributed by atoms with Crippen LogP contribution in [0.25, 0.3) is 11.3 Å². The second-order valence-electron chi connectivity index (χ2n) is 8.08. The standard InChI is InChI=1S/C22H27F2N3O4/c23-16-1-2-18(19(24)13-16)20-14-17(31-26-20)15-22(3-9-29-10-4-22)21(28)25-5-6-27-7-11-30-12-8-27/h1-2,13-14H,3-12,15H2,(H,25,28). The Hall–Kier alpha value is -2.36. The number of carbonyl (C=O) groups is 1. The zero-order chi connectivity index (χ0) is 21.7. The summed E-state index contributed by atoms with van der Waals surface area (Å²) >= 11 is 0. The first-order chi connectivity index (χ1) is 15.1. The van der Waals surface area contributed by atoms with Crippen molar-refractivity contribution >= 4 is 5.91 Å². The molecule has 0 atom stereocenters. The van der Waals surface area contributed by atoms with E-state index in [1.165, 1.54) is 12.1 Å². The quantitative estimate of drug-likeness (QED) is 0.720. The fourth-order valence-electron chi connectivity index (χ4n) is 4.14. The lowest BCUT2D eigenvalue weighted by Crippen LogP contribution is -2.48. The predicted octanol–water partition coefficient (Wildman–Crippen LogP) is 2.41. The Labute approximate surface area is 179 Å². The summed E-state index contributed by atoms with van der Waals surface area (Å²) in [4.78, 5) is 15.4. The minimum absolute atomic E-state index is 0.0324. The number of halogens is 2. The number of morpholine rings is 1. The molecule has 0 spiro atoms. The molecule has 1 aromatic heterocycles. The van der Waals surface area contributed by atoms with Crippen molar-refractivity contribution in [3.05, 3.63) is 41.7 Å². The molecule has 0 aliphatic carbocycles. The van der Waals surface area contributed by atoms with E-state index in [2.05, 4.69) is 15.4 Å². The maximum absolute atomic E-state index is 14.1. The van der Waals surface area contributed by atoms with Crippen LogP contribution in [0.1, 0.15) is 18.6 Å². The van der Waals surface area contributed by atoms with Crippen molar-refractivity contribution in [1.29, 1.82) is 0 Å². The maximum Gasteiger partial charge on any atom is 0.226 e. The van der Waals surface area contributed by atoms with E-state index in [-0.39, 0.29) is 17.2 Å². The lowest BCUT2D eigenvalue weighted by Gasteiger charge is -2.35. The van der Waals surface area contributed by atoms with Crippen LogP contribution in [0.4, 0.5) is 8.78 Å². The van der Waals surface area contributed by atoms with Crippen LogP contribution >= 0.6 is 0 Å². The number of hydrogen-bond acceptors (Lipinski definition) is 6. The number of carbonyl (C=O) groups excluding carboxylic acids is 1. The third kappa shape index (κ3) is 5.28. The van der Waals surface area contributed by atoms with Gasteiger partial charge in [-0.25, -0.2) is 8.78 Å². The van der Waals surface area contributed by atoms with Crippen molar-refractivity contribution in [2.24, 2.45) is 5.41 Å². The molecule has 2 aromatic rings. The summed E-state index contributed by atoms with van der Waals surface area (Å²) in [7, 11) is 0. The molecule has 2 saturated heterocycles. The van der Waals surface area contributed by atoms with Gasteiger partial charge in [0, 0.05) is 63.5 Å². The lowest BCUT2D eigenvalue weighted by molar-refractivity contribution is -0.137. The predicted molar refractivity (Wildman–Crippen MR) is 108 cm³/mol. The van der Waals surface area contributed by atoms with Crippen LogP contribution in [0, 0.1) is 17.0 Å². The Kier molecular flexibility index (Phi) is 6.94. The minimum atomic E-state index is -0.707. The molecular weight excluding hydrogens is 408 g/mol. The highest BCUT2D eigenvalue weighted by atomic mass is 19.1. The van der Waals surface area contributed by atoms with Crippen molar-refractivity contribution in [2.45, 2.75) is 19.3 Å². The highest BCUT2D eigenvalue weighted by Crippen LogP contribution is 2.36. The number of rotatable bonds is 7. The van der Waals surface area contributed by atoms with E-state index in [0.29, 0.717) is 44.8 Å². The van der Waals surface area contributed by atoms with Gasteiger partial charge in [0.1, 0.15) is 23.1 Å². The molecule has 2 aliphatic rings. The molecule has 31 heavy (non-hydrogen) atoms. The monoisotopic (exact) mass is 435 g/mol. The Morgan fingerprint density at radius 1 is 1.10 bits per heavy atom. The van der Waals surface area contributed by atoms with Gasteiger partial charge < -0.3 is 19.3 Å². The Bertz CT molecular complexity index is 893. The van der Waals surface area contributed by atoms with Crippen molar-refractivity contribution in [3.63, 3.8) is 0 Å². The SMILES string of the molecule is O=C(NCCN1CCOCC1)C1(Cc2cc(-c3ccc(F)cc3F)no2)CCOCC1. The molecule has 9 heteroatoms. The van der Waals surface area contributed by atoms with Crippen LogP contribution < -0.4 is 5.32 Å². The third-order valence-electron chi connectivity index (χ3n) is 6.03.